The molecule has 5 heteroatoms. The average Bonchev–Trinajstić information content (AvgIpc) is 2.92. The molecule has 1 atom stereocenters. The van der Waals surface area contributed by atoms with E-state index in [1.54, 1.807) is 11.8 Å². The normalized spacial score (nSPS) is 12.5. The van der Waals surface area contributed by atoms with E-state index in [1.165, 1.54) is 10.9 Å². The van der Waals surface area contributed by atoms with Crippen LogP contribution in [0.5, 0.6) is 0 Å². The van der Waals surface area contributed by atoms with Gasteiger partial charge < -0.3 is 16.0 Å². The summed E-state index contributed by atoms with van der Waals surface area (Å²) in [7, 11) is 0. The fraction of sp³-hybridized carbons (Fsp3) is 0.438. The molecule has 0 radical (unpaired) electrons. The van der Waals surface area contributed by atoms with Crippen LogP contribution in [0.4, 0.5) is 0 Å². The molecule has 21 heavy (non-hydrogen) atoms. The molecule has 1 amide bonds. The molecule has 2 aromatic rings. The number of nitrogens with two attached hydrogens (primary N) is 1. The minimum absolute atomic E-state index is 0.0389. The smallest absolute Gasteiger partial charge is 0.236 e. The van der Waals surface area contributed by atoms with Gasteiger partial charge in [-0.25, -0.2) is 0 Å². The number of hydrogen-bond donors (Lipinski definition) is 3. The van der Waals surface area contributed by atoms with Crippen molar-refractivity contribution in [1.29, 1.82) is 0 Å². The molecule has 4 nitrogen and oxygen atoms in total. The lowest BCUT2D eigenvalue weighted by molar-refractivity contribution is -0.122. The van der Waals surface area contributed by atoms with Gasteiger partial charge in [-0.3, -0.25) is 4.79 Å². The number of nitrogens with one attached hydrogen (secondary N) is 2. The standard InChI is InChI=1S/C16H23N3OS/c1-21-10-8-14(17)16(20)18-9-4-5-12-11-19-15-7-3-2-6-13(12)15/h2-3,6-7,11,14,19H,4-5,8-10,17H2,1H3,(H,18,20)/t14-/m0/s1. The number of hydrogen-bond acceptors (Lipinski definition) is 3. The number of carbonyl (C=O) groups is 1. The van der Waals surface area contributed by atoms with Crippen LogP contribution in [0.2, 0.25) is 0 Å². The Kier molecular flexibility index (Phi) is 6.14. The van der Waals surface area contributed by atoms with Crippen LogP contribution >= 0.6 is 11.8 Å². The number of carbonyl (C=O) groups excluding carboxylic acids is 1. The van der Waals surface area contributed by atoms with E-state index >= 15 is 0 Å². The van der Waals surface area contributed by atoms with Gasteiger partial charge in [0.1, 0.15) is 0 Å². The number of H-pyrrole nitrogens is 1. The average molecular weight is 305 g/mol. The molecule has 0 saturated heterocycles. The summed E-state index contributed by atoms with van der Waals surface area (Å²) >= 11 is 1.71. The Balaban J connectivity index is 1.73. The number of aryl methyl sites for hydroxylation is 1. The Morgan fingerprint density at radius 3 is 3.05 bits per heavy atom. The molecule has 1 heterocycles. The fourth-order valence-corrected chi connectivity index (χ4v) is 2.83. The largest absolute Gasteiger partial charge is 0.361 e. The van der Waals surface area contributed by atoms with Gasteiger partial charge in [0, 0.05) is 23.6 Å². The number of aromatic amines is 1. The van der Waals surface area contributed by atoms with Gasteiger partial charge >= 0.3 is 0 Å². The molecule has 2 rings (SSSR count). The maximum Gasteiger partial charge on any atom is 0.236 e. The van der Waals surface area contributed by atoms with Gasteiger partial charge in [0.2, 0.25) is 5.91 Å². The first-order valence-corrected chi connectivity index (χ1v) is 8.69. The zero-order valence-corrected chi connectivity index (χ0v) is 13.2. The molecule has 0 aliphatic rings. The molecule has 1 aromatic carbocycles. The van der Waals surface area contributed by atoms with Crippen LogP contribution in [0.15, 0.2) is 30.5 Å². The van der Waals surface area contributed by atoms with Crippen molar-refractivity contribution in [2.75, 3.05) is 18.6 Å². The highest BCUT2D eigenvalue weighted by Crippen LogP contribution is 2.18. The van der Waals surface area contributed by atoms with Crippen LogP contribution in [0.25, 0.3) is 10.9 Å². The molecular formula is C16H23N3OS. The van der Waals surface area contributed by atoms with E-state index in [0.717, 1.165) is 30.5 Å². The summed E-state index contributed by atoms with van der Waals surface area (Å²) in [5.74, 6) is 0.882. The second kappa shape index (κ2) is 8.10. The highest BCUT2D eigenvalue weighted by molar-refractivity contribution is 7.98. The molecule has 0 aliphatic heterocycles. The first kappa shape index (κ1) is 15.9. The summed E-state index contributed by atoms with van der Waals surface area (Å²) in [4.78, 5) is 15.0. The zero-order valence-electron chi connectivity index (χ0n) is 12.4. The third-order valence-corrected chi connectivity index (χ3v) is 4.21. The summed E-state index contributed by atoms with van der Waals surface area (Å²) in [6, 6.07) is 7.89. The maximum atomic E-state index is 11.8. The second-order valence-electron chi connectivity index (χ2n) is 5.14. The number of thioether (sulfide) groups is 1. The molecule has 0 aliphatic carbocycles. The van der Waals surface area contributed by atoms with E-state index in [1.807, 2.05) is 18.4 Å². The van der Waals surface area contributed by atoms with Gasteiger partial charge in [-0.15, -0.1) is 0 Å². The second-order valence-corrected chi connectivity index (χ2v) is 6.13. The van der Waals surface area contributed by atoms with Crippen molar-refractivity contribution in [3.63, 3.8) is 0 Å². The van der Waals surface area contributed by atoms with Crippen molar-refractivity contribution in [3.05, 3.63) is 36.0 Å². The van der Waals surface area contributed by atoms with E-state index in [4.69, 9.17) is 5.73 Å². The van der Waals surface area contributed by atoms with Crippen molar-refractivity contribution in [3.8, 4) is 0 Å². The number of benzene rings is 1. The lowest BCUT2D eigenvalue weighted by atomic mass is 10.1. The van der Waals surface area contributed by atoms with Gasteiger partial charge in [-0.1, -0.05) is 18.2 Å². The van der Waals surface area contributed by atoms with Crippen LogP contribution in [0.3, 0.4) is 0 Å². The Bertz CT molecular complexity index is 582. The minimum atomic E-state index is -0.384. The molecule has 114 valence electrons. The van der Waals surface area contributed by atoms with Crippen molar-refractivity contribution < 1.29 is 4.79 Å². The van der Waals surface area contributed by atoms with Crippen LogP contribution in [0, 0.1) is 0 Å². The Morgan fingerprint density at radius 1 is 1.43 bits per heavy atom. The van der Waals surface area contributed by atoms with Gasteiger partial charge in [0.05, 0.1) is 6.04 Å². The van der Waals surface area contributed by atoms with Gasteiger partial charge in [0.15, 0.2) is 0 Å². The van der Waals surface area contributed by atoms with E-state index in [-0.39, 0.29) is 11.9 Å². The summed E-state index contributed by atoms with van der Waals surface area (Å²) < 4.78 is 0. The monoisotopic (exact) mass is 305 g/mol. The highest BCUT2D eigenvalue weighted by Gasteiger charge is 2.11. The van der Waals surface area contributed by atoms with Crippen LogP contribution in [0.1, 0.15) is 18.4 Å². The fourth-order valence-electron chi connectivity index (χ4n) is 2.34. The molecular weight excluding hydrogens is 282 g/mol. The number of aromatic nitrogens is 1. The SMILES string of the molecule is CSCC[C@H](N)C(=O)NCCCc1c[nH]c2ccccc12. The molecule has 0 unspecified atom stereocenters. The molecule has 0 saturated carbocycles. The highest BCUT2D eigenvalue weighted by atomic mass is 32.2. The van der Waals surface area contributed by atoms with Crippen LogP contribution in [-0.4, -0.2) is 35.5 Å². The summed E-state index contributed by atoms with van der Waals surface area (Å²) in [5, 5.41) is 4.18. The lowest BCUT2D eigenvalue weighted by Crippen LogP contribution is -2.41. The Hall–Kier alpha value is -1.46. The third kappa shape index (κ3) is 4.51. The first-order valence-electron chi connectivity index (χ1n) is 7.29. The molecule has 0 bridgehead atoms. The maximum absolute atomic E-state index is 11.8. The van der Waals surface area contributed by atoms with Crippen molar-refractivity contribution in [1.82, 2.24) is 10.3 Å². The van der Waals surface area contributed by atoms with E-state index in [2.05, 4.69) is 28.6 Å². The number of fused-ring (bicyclic) bond motifs is 1. The van der Waals surface area contributed by atoms with Gasteiger partial charge in [-0.2, -0.15) is 11.8 Å². The van der Waals surface area contributed by atoms with Crippen LogP contribution in [-0.2, 0) is 11.2 Å². The van der Waals surface area contributed by atoms with Crippen LogP contribution < -0.4 is 11.1 Å². The minimum Gasteiger partial charge on any atom is -0.361 e. The quantitative estimate of drug-likeness (QED) is 0.655. The molecule has 1 aromatic heterocycles. The third-order valence-electron chi connectivity index (χ3n) is 3.57. The predicted molar refractivity (Wildman–Crippen MR) is 90.6 cm³/mol. The number of para-hydroxylation sites is 1. The van der Waals surface area contributed by atoms with Crippen molar-refractivity contribution >= 4 is 28.6 Å². The van der Waals surface area contributed by atoms with Gasteiger partial charge in [-0.05, 0) is 42.9 Å². The Labute approximate surface area is 129 Å². The summed E-state index contributed by atoms with van der Waals surface area (Å²) in [6.07, 6.45) is 6.67. The first-order chi connectivity index (χ1) is 10.2. The summed E-state index contributed by atoms with van der Waals surface area (Å²) in [6.45, 7) is 0.672. The van der Waals surface area contributed by atoms with E-state index in [9.17, 15) is 4.79 Å². The number of rotatable bonds is 8. The van der Waals surface area contributed by atoms with Gasteiger partial charge in [0.25, 0.3) is 0 Å². The number of amides is 1. The Morgan fingerprint density at radius 2 is 2.24 bits per heavy atom. The van der Waals surface area contributed by atoms with E-state index in [0.29, 0.717) is 6.54 Å². The van der Waals surface area contributed by atoms with Crippen molar-refractivity contribution in [2.24, 2.45) is 5.73 Å². The van der Waals surface area contributed by atoms with Crippen molar-refractivity contribution in [2.45, 2.75) is 25.3 Å². The topological polar surface area (TPSA) is 70.9 Å². The van der Waals surface area contributed by atoms with E-state index < -0.39 is 0 Å². The molecule has 4 N–H and O–H groups in total. The lowest BCUT2D eigenvalue weighted by Gasteiger charge is -2.11. The summed E-state index contributed by atoms with van der Waals surface area (Å²) in [5.41, 5.74) is 8.28. The zero-order chi connectivity index (χ0) is 15.1. The predicted octanol–water partition coefficient (Wildman–Crippen LogP) is 2.30. The molecule has 0 spiro atoms. The molecule has 0 fully saturated rings.